The van der Waals surface area contributed by atoms with Gasteiger partial charge in [0, 0.05) is 44.0 Å². The monoisotopic (exact) mass is 493 g/mol. The largest absolute Gasteiger partial charge is 0.494 e. The van der Waals surface area contributed by atoms with Gasteiger partial charge in [0.1, 0.15) is 5.75 Å². The van der Waals surface area contributed by atoms with Gasteiger partial charge in [-0.1, -0.05) is 24.3 Å². The average Bonchev–Trinajstić information content (AvgIpc) is 2.86. The Morgan fingerprint density at radius 2 is 1.57 bits per heavy atom. The number of carbonyl (C=O) groups excluding carboxylic acids is 1. The summed E-state index contributed by atoms with van der Waals surface area (Å²) in [4.78, 5) is 17.3. The normalized spacial score (nSPS) is 14.5. The molecule has 1 fully saturated rings. The van der Waals surface area contributed by atoms with Crippen molar-refractivity contribution in [2.24, 2.45) is 0 Å². The molecular formula is C27H31N3O4S. The van der Waals surface area contributed by atoms with Crippen LogP contribution in [0.3, 0.4) is 0 Å². The lowest BCUT2D eigenvalue weighted by atomic mass is 10.1. The van der Waals surface area contributed by atoms with Crippen LogP contribution in [0.15, 0.2) is 77.7 Å². The highest BCUT2D eigenvalue weighted by atomic mass is 32.2. The number of sulfonamides is 1. The lowest BCUT2D eigenvalue weighted by Gasteiger charge is -2.35. The fraction of sp³-hybridized carbons (Fsp3) is 0.296. The molecule has 0 aromatic heterocycles. The molecule has 1 amide bonds. The highest BCUT2D eigenvalue weighted by molar-refractivity contribution is 7.92. The highest BCUT2D eigenvalue weighted by Crippen LogP contribution is 2.21. The molecule has 4 rings (SSSR count). The summed E-state index contributed by atoms with van der Waals surface area (Å²) in [5.74, 6) is 0.576. The average molecular weight is 494 g/mol. The summed E-state index contributed by atoms with van der Waals surface area (Å²) in [6, 6.07) is 21.2. The molecule has 0 aliphatic carbocycles. The first-order valence-electron chi connectivity index (χ1n) is 11.8. The van der Waals surface area contributed by atoms with Crippen LogP contribution < -0.4 is 9.46 Å². The Bertz CT molecular complexity index is 1250. The van der Waals surface area contributed by atoms with Crippen molar-refractivity contribution in [3.63, 3.8) is 0 Å². The van der Waals surface area contributed by atoms with E-state index in [1.807, 2.05) is 17.9 Å². The van der Waals surface area contributed by atoms with Crippen molar-refractivity contribution in [3.8, 4) is 5.75 Å². The molecule has 0 bridgehead atoms. The molecule has 3 aromatic rings. The lowest BCUT2D eigenvalue weighted by Crippen LogP contribution is -2.48. The molecular weight excluding hydrogens is 462 g/mol. The maximum absolute atomic E-state index is 13.0. The van der Waals surface area contributed by atoms with E-state index in [1.165, 1.54) is 23.3 Å². The molecule has 1 saturated heterocycles. The molecule has 1 aliphatic heterocycles. The molecule has 184 valence electrons. The number of hydrogen-bond donors (Lipinski definition) is 1. The van der Waals surface area contributed by atoms with E-state index in [-0.39, 0.29) is 10.8 Å². The molecule has 35 heavy (non-hydrogen) atoms. The molecule has 0 spiro atoms. The number of aryl methyl sites for hydroxylation is 1. The molecule has 0 atom stereocenters. The Labute approximate surface area is 207 Å². The Hall–Kier alpha value is -3.36. The minimum absolute atomic E-state index is 0.0403. The smallest absolute Gasteiger partial charge is 0.261 e. The third-order valence-electron chi connectivity index (χ3n) is 6.14. The van der Waals surface area contributed by atoms with Crippen LogP contribution in [0.1, 0.15) is 28.4 Å². The van der Waals surface area contributed by atoms with Crippen molar-refractivity contribution in [3.05, 3.63) is 89.5 Å². The number of piperazine rings is 1. The predicted octanol–water partition coefficient (Wildman–Crippen LogP) is 4.15. The van der Waals surface area contributed by atoms with Crippen LogP contribution in [0.25, 0.3) is 0 Å². The van der Waals surface area contributed by atoms with E-state index < -0.39 is 10.0 Å². The SMILES string of the molecule is CCOc1ccc(S(=O)(=O)Nc2ccc(C(=O)N3CCN(Cc4ccccc4C)CC3)cc2)cc1. The molecule has 7 nitrogen and oxygen atoms in total. The van der Waals surface area contributed by atoms with E-state index >= 15 is 0 Å². The van der Waals surface area contributed by atoms with Crippen LogP contribution in [-0.4, -0.2) is 56.9 Å². The molecule has 0 radical (unpaired) electrons. The van der Waals surface area contributed by atoms with Gasteiger partial charge in [0.25, 0.3) is 15.9 Å². The van der Waals surface area contributed by atoms with Gasteiger partial charge in [0.05, 0.1) is 11.5 Å². The van der Waals surface area contributed by atoms with Gasteiger partial charge in [-0.2, -0.15) is 0 Å². The van der Waals surface area contributed by atoms with Crippen LogP contribution in [0.2, 0.25) is 0 Å². The van der Waals surface area contributed by atoms with Crippen molar-refractivity contribution < 1.29 is 17.9 Å². The summed E-state index contributed by atoms with van der Waals surface area (Å²) in [5, 5.41) is 0. The predicted molar refractivity (Wildman–Crippen MR) is 137 cm³/mol. The number of nitrogens with one attached hydrogen (secondary N) is 1. The fourth-order valence-corrected chi connectivity index (χ4v) is 5.16. The van der Waals surface area contributed by atoms with E-state index in [1.54, 1.807) is 36.4 Å². The second-order valence-electron chi connectivity index (χ2n) is 8.58. The topological polar surface area (TPSA) is 78.9 Å². The third-order valence-corrected chi connectivity index (χ3v) is 7.54. The minimum Gasteiger partial charge on any atom is -0.494 e. The van der Waals surface area contributed by atoms with Gasteiger partial charge in [0.2, 0.25) is 0 Å². The van der Waals surface area contributed by atoms with E-state index in [2.05, 4.69) is 34.7 Å². The first-order chi connectivity index (χ1) is 16.9. The van der Waals surface area contributed by atoms with Crippen molar-refractivity contribution in [2.75, 3.05) is 37.5 Å². The molecule has 1 aliphatic rings. The number of amides is 1. The summed E-state index contributed by atoms with van der Waals surface area (Å²) in [5.41, 5.74) is 3.54. The van der Waals surface area contributed by atoms with Crippen LogP contribution in [0.4, 0.5) is 5.69 Å². The first-order valence-corrected chi connectivity index (χ1v) is 13.3. The van der Waals surface area contributed by atoms with E-state index in [0.29, 0.717) is 36.7 Å². The summed E-state index contributed by atoms with van der Waals surface area (Å²) < 4.78 is 33.3. The lowest BCUT2D eigenvalue weighted by molar-refractivity contribution is 0.0628. The first kappa shape index (κ1) is 24.8. The Morgan fingerprint density at radius 3 is 2.20 bits per heavy atom. The van der Waals surface area contributed by atoms with Crippen molar-refractivity contribution in [2.45, 2.75) is 25.3 Å². The summed E-state index contributed by atoms with van der Waals surface area (Å²) in [6.07, 6.45) is 0. The summed E-state index contributed by atoms with van der Waals surface area (Å²) in [6.45, 7) is 8.36. The number of anilines is 1. The molecule has 0 saturated carbocycles. The number of benzene rings is 3. The van der Waals surface area contributed by atoms with Gasteiger partial charge in [-0.3, -0.25) is 14.4 Å². The Morgan fingerprint density at radius 1 is 0.914 bits per heavy atom. The zero-order chi connectivity index (χ0) is 24.8. The molecule has 1 N–H and O–H groups in total. The van der Waals surface area contributed by atoms with Gasteiger partial charge >= 0.3 is 0 Å². The maximum atomic E-state index is 13.0. The molecule has 0 unspecified atom stereocenters. The molecule has 1 heterocycles. The van der Waals surface area contributed by atoms with Crippen molar-refractivity contribution in [1.29, 1.82) is 0 Å². The van der Waals surface area contributed by atoms with Crippen LogP contribution in [0.5, 0.6) is 5.75 Å². The van der Waals surface area contributed by atoms with Crippen LogP contribution in [-0.2, 0) is 16.6 Å². The summed E-state index contributed by atoms with van der Waals surface area (Å²) >= 11 is 0. The van der Waals surface area contributed by atoms with E-state index in [9.17, 15) is 13.2 Å². The number of rotatable bonds is 8. The van der Waals surface area contributed by atoms with Crippen LogP contribution in [0, 0.1) is 6.92 Å². The van der Waals surface area contributed by atoms with Crippen molar-refractivity contribution >= 4 is 21.6 Å². The number of hydrogen-bond acceptors (Lipinski definition) is 5. The van der Waals surface area contributed by atoms with Crippen molar-refractivity contribution in [1.82, 2.24) is 9.80 Å². The van der Waals surface area contributed by atoms with Gasteiger partial charge in [0.15, 0.2) is 0 Å². The molecule has 3 aromatic carbocycles. The molecule has 8 heteroatoms. The van der Waals surface area contributed by atoms with Gasteiger partial charge in [-0.05, 0) is 73.5 Å². The zero-order valence-electron chi connectivity index (χ0n) is 20.1. The quantitative estimate of drug-likeness (QED) is 0.510. The van der Waals surface area contributed by atoms with E-state index in [0.717, 1.165) is 19.6 Å². The number of carbonyl (C=O) groups is 1. The Kier molecular flexibility index (Phi) is 7.73. The van der Waals surface area contributed by atoms with Gasteiger partial charge in [-0.25, -0.2) is 8.42 Å². The van der Waals surface area contributed by atoms with Gasteiger partial charge < -0.3 is 9.64 Å². The highest BCUT2D eigenvalue weighted by Gasteiger charge is 2.23. The number of nitrogens with zero attached hydrogens (tertiary/aromatic N) is 2. The minimum atomic E-state index is -3.74. The van der Waals surface area contributed by atoms with E-state index in [4.69, 9.17) is 4.74 Å². The standard InChI is InChI=1S/C27H31N3O4S/c1-3-34-25-12-14-26(15-13-25)35(32,33)28-24-10-8-22(9-11-24)27(31)30-18-16-29(17-19-30)20-23-7-5-4-6-21(23)2/h4-15,28H,3,16-20H2,1-2H3. The maximum Gasteiger partial charge on any atom is 0.261 e. The second-order valence-corrected chi connectivity index (χ2v) is 10.3. The second kappa shape index (κ2) is 10.9. The third kappa shape index (κ3) is 6.21. The zero-order valence-corrected chi connectivity index (χ0v) is 20.9. The van der Waals surface area contributed by atoms with Crippen LogP contribution >= 0.6 is 0 Å². The van der Waals surface area contributed by atoms with Gasteiger partial charge in [-0.15, -0.1) is 0 Å². The number of ether oxygens (including phenoxy) is 1. The summed E-state index contributed by atoms with van der Waals surface area (Å²) in [7, 11) is -3.74. The Balaban J connectivity index is 1.33. The fourth-order valence-electron chi connectivity index (χ4n) is 4.10.